The molecule has 2 rings (SSSR count). The van der Waals surface area contributed by atoms with E-state index in [0.717, 1.165) is 11.6 Å². The molecule has 3 nitrogen and oxygen atoms in total. The molecule has 0 unspecified atom stereocenters. The lowest BCUT2D eigenvalue weighted by molar-refractivity contribution is 0.592. The van der Waals surface area contributed by atoms with Crippen LogP contribution in [0.15, 0.2) is 30.3 Å². The number of H-pyrrole nitrogens is 1. The van der Waals surface area contributed by atoms with Crippen molar-refractivity contribution in [2.45, 2.75) is 39.0 Å². The molecule has 0 aliphatic heterocycles. The molecule has 0 radical (unpaired) electrons. The van der Waals surface area contributed by atoms with Gasteiger partial charge in [0.2, 0.25) is 0 Å². The fourth-order valence-electron chi connectivity index (χ4n) is 1.80. The second-order valence-corrected chi connectivity index (χ2v) is 5.19. The Morgan fingerprint density at radius 2 is 1.76 bits per heavy atom. The molecule has 0 atom stereocenters. The van der Waals surface area contributed by atoms with E-state index in [1.54, 1.807) is 0 Å². The number of hydrogen-bond donors (Lipinski definition) is 1. The first-order valence-corrected chi connectivity index (χ1v) is 6.00. The fraction of sp³-hybridized carbons (Fsp3) is 0.429. The molecule has 0 fully saturated rings. The lowest BCUT2D eigenvalue weighted by atomic mass is 9.84. The first-order chi connectivity index (χ1) is 8.01. The summed E-state index contributed by atoms with van der Waals surface area (Å²) in [7, 11) is 0. The molecule has 0 spiro atoms. The summed E-state index contributed by atoms with van der Waals surface area (Å²) in [5, 5.41) is 7.37. The quantitative estimate of drug-likeness (QED) is 0.877. The largest absolute Gasteiger partial charge is 0.263 e. The van der Waals surface area contributed by atoms with Gasteiger partial charge in [-0.2, -0.15) is 5.10 Å². The van der Waals surface area contributed by atoms with Crippen LogP contribution in [0.4, 0.5) is 0 Å². The van der Waals surface area contributed by atoms with Gasteiger partial charge in [-0.05, 0) is 19.4 Å². The first kappa shape index (κ1) is 11.8. The highest BCUT2D eigenvalue weighted by Crippen LogP contribution is 2.29. The normalized spacial score (nSPS) is 12.1. The van der Waals surface area contributed by atoms with Crippen molar-refractivity contribution < 1.29 is 0 Å². The zero-order chi connectivity index (χ0) is 12.5. The van der Waals surface area contributed by atoms with Gasteiger partial charge < -0.3 is 0 Å². The Hall–Kier alpha value is -1.64. The molecule has 0 aliphatic carbocycles. The third-order valence-corrected chi connectivity index (χ3v) is 3.10. The molecule has 0 saturated carbocycles. The van der Waals surface area contributed by atoms with Crippen molar-refractivity contribution in [3.8, 4) is 0 Å². The summed E-state index contributed by atoms with van der Waals surface area (Å²) in [6.45, 7) is 8.52. The van der Waals surface area contributed by atoms with Gasteiger partial charge in [0.05, 0.1) is 5.41 Å². The highest BCUT2D eigenvalue weighted by atomic mass is 15.2. The van der Waals surface area contributed by atoms with Crippen molar-refractivity contribution in [1.82, 2.24) is 15.2 Å². The molecule has 3 heteroatoms. The molecule has 1 aromatic heterocycles. The topological polar surface area (TPSA) is 41.6 Å². The Morgan fingerprint density at radius 3 is 2.29 bits per heavy atom. The Kier molecular flexibility index (Phi) is 3.01. The minimum absolute atomic E-state index is 0.162. The van der Waals surface area contributed by atoms with Crippen LogP contribution in [-0.2, 0) is 5.41 Å². The average molecular weight is 229 g/mol. The predicted octanol–water partition coefficient (Wildman–Crippen LogP) is 3.25. The van der Waals surface area contributed by atoms with Gasteiger partial charge in [-0.15, -0.1) is 0 Å². The van der Waals surface area contributed by atoms with Crippen LogP contribution in [0, 0.1) is 0 Å². The molecule has 0 amide bonds. The van der Waals surface area contributed by atoms with Crippen LogP contribution in [-0.4, -0.2) is 15.2 Å². The van der Waals surface area contributed by atoms with Gasteiger partial charge in [0.15, 0.2) is 5.82 Å². The minimum atomic E-state index is -0.162. The van der Waals surface area contributed by atoms with Crippen molar-refractivity contribution >= 4 is 0 Å². The number of benzene rings is 1. The molecule has 17 heavy (non-hydrogen) atoms. The zero-order valence-corrected chi connectivity index (χ0v) is 10.9. The van der Waals surface area contributed by atoms with E-state index in [2.05, 4.69) is 55.0 Å². The number of aromatic amines is 1. The lowest BCUT2D eigenvalue weighted by Crippen LogP contribution is -2.20. The molecule has 1 N–H and O–H groups in total. The van der Waals surface area contributed by atoms with Gasteiger partial charge in [0.1, 0.15) is 5.82 Å². The maximum atomic E-state index is 4.59. The number of nitrogens with one attached hydrogen (secondary N) is 1. The van der Waals surface area contributed by atoms with Crippen LogP contribution in [0.5, 0.6) is 0 Å². The predicted molar refractivity (Wildman–Crippen MR) is 69.0 cm³/mol. The number of aromatic nitrogens is 3. The Labute approximate surface area is 102 Å². The van der Waals surface area contributed by atoms with Crippen molar-refractivity contribution in [1.29, 1.82) is 0 Å². The molecular weight excluding hydrogens is 210 g/mol. The Balaban J connectivity index is 2.37. The Morgan fingerprint density at radius 1 is 1.12 bits per heavy atom. The third-order valence-electron chi connectivity index (χ3n) is 3.10. The van der Waals surface area contributed by atoms with Crippen LogP contribution >= 0.6 is 0 Å². The average Bonchev–Trinajstić information content (AvgIpc) is 2.80. The smallest absolute Gasteiger partial charge is 0.160 e. The van der Waals surface area contributed by atoms with E-state index in [-0.39, 0.29) is 5.41 Å². The van der Waals surface area contributed by atoms with Crippen LogP contribution < -0.4 is 0 Å². The van der Waals surface area contributed by atoms with E-state index in [1.165, 1.54) is 5.56 Å². The summed E-state index contributed by atoms with van der Waals surface area (Å²) in [4.78, 5) is 4.59. The molecule has 1 aromatic carbocycles. The van der Waals surface area contributed by atoms with Crippen molar-refractivity contribution in [2.24, 2.45) is 0 Å². The maximum Gasteiger partial charge on any atom is 0.160 e. The van der Waals surface area contributed by atoms with Crippen molar-refractivity contribution in [3.63, 3.8) is 0 Å². The number of hydrogen-bond acceptors (Lipinski definition) is 2. The highest BCUT2D eigenvalue weighted by molar-refractivity contribution is 5.30. The van der Waals surface area contributed by atoms with Gasteiger partial charge in [-0.3, -0.25) is 5.10 Å². The maximum absolute atomic E-state index is 4.59. The minimum Gasteiger partial charge on any atom is -0.263 e. The molecular formula is C14H19N3. The summed E-state index contributed by atoms with van der Waals surface area (Å²) in [6.07, 6.45) is 0. The van der Waals surface area contributed by atoms with E-state index in [1.807, 2.05) is 18.2 Å². The molecule has 0 bridgehead atoms. The standard InChI is InChI=1S/C14H19N3/c1-10(2)12-15-13(17-16-12)14(3,4)11-8-6-5-7-9-11/h5-10H,1-4H3,(H,15,16,17). The van der Waals surface area contributed by atoms with Gasteiger partial charge in [0.25, 0.3) is 0 Å². The molecule has 2 aromatic rings. The summed E-state index contributed by atoms with van der Waals surface area (Å²) in [5.74, 6) is 2.18. The van der Waals surface area contributed by atoms with Crippen LogP contribution in [0.25, 0.3) is 0 Å². The molecule has 0 aliphatic rings. The summed E-state index contributed by atoms with van der Waals surface area (Å²) in [5.41, 5.74) is 1.07. The van der Waals surface area contributed by atoms with Gasteiger partial charge in [-0.25, -0.2) is 4.98 Å². The van der Waals surface area contributed by atoms with Crippen molar-refractivity contribution in [3.05, 3.63) is 47.5 Å². The van der Waals surface area contributed by atoms with E-state index < -0.39 is 0 Å². The van der Waals surface area contributed by atoms with Gasteiger partial charge in [0, 0.05) is 5.92 Å². The zero-order valence-electron chi connectivity index (χ0n) is 10.9. The van der Waals surface area contributed by atoms with E-state index in [9.17, 15) is 0 Å². The molecule has 1 heterocycles. The summed E-state index contributed by atoms with van der Waals surface area (Å²) < 4.78 is 0. The monoisotopic (exact) mass is 229 g/mol. The van der Waals surface area contributed by atoms with E-state index in [0.29, 0.717) is 5.92 Å². The third kappa shape index (κ3) is 2.23. The van der Waals surface area contributed by atoms with E-state index in [4.69, 9.17) is 0 Å². The van der Waals surface area contributed by atoms with Crippen LogP contribution in [0.3, 0.4) is 0 Å². The SMILES string of the molecule is CC(C)c1nc(C(C)(C)c2ccccc2)n[nH]1. The van der Waals surface area contributed by atoms with Gasteiger partial charge in [-0.1, -0.05) is 44.2 Å². The fourth-order valence-corrected chi connectivity index (χ4v) is 1.80. The summed E-state index contributed by atoms with van der Waals surface area (Å²) >= 11 is 0. The van der Waals surface area contributed by atoms with Crippen LogP contribution in [0.1, 0.15) is 50.8 Å². The van der Waals surface area contributed by atoms with E-state index >= 15 is 0 Å². The second kappa shape index (κ2) is 4.32. The first-order valence-electron chi connectivity index (χ1n) is 6.00. The summed E-state index contributed by atoms with van der Waals surface area (Å²) in [6, 6.07) is 10.4. The lowest BCUT2D eigenvalue weighted by Gasteiger charge is -2.21. The van der Waals surface area contributed by atoms with Crippen LogP contribution in [0.2, 0.25) is 0 Å². The highest BCUT2D eigenvalue weighted by Gasteiger charge is 2.27. The molecule has 90 valence electrons. The van der Waals surface area contributed by atoms with Crippen molar-refractivity contribution in [2.75, 3.05) is 0 Å². The van der Waals surface area contributed by atoms with Gasteiger partial charge >= 0.3 is 0 Å². The number of nitrogens with zero attached hydrogens (tertiary/aromatic N) is 2. The Bertz CT molecular complexity index is 483. The molecule has 0 saturated heterocycles. The second-order valence-electron chi connectivity index (χ2n) is 5.19. The number of rotatable bonds is 3.